The quantitative estimate of drug-likeness (QED) is 0.870. The second-order valence-corrected chi connectivity index (χ2v) is 6.50. The summed E-state index contributed by atoms with van der Waals surface area (Å²) in [4.78, 5) is 23.2. The molecule has 0 unspecified atom stereocenters. The van der Waals surface area contributed by atoms with Gasteiger partial charge in [-0.3, -0.25) is 14.9 Å². The maximum atomic E-state index is 11.6. The molecule has 1 aliphatic heterocycles. The topological polar surface area (TPSA) is 55.4 Å². The molecule has 22 heavy (non-hydrogen) atoms. The van der Waals surface area contributed by atoms with Gasteiger partial charge in [-0.2, -0.15) is 0 Å². The molecule has 1 aromatic carbocycles. The third kappa shape index (κ3) is 3.32. The van der Waals surface area contributed by atoms with Crippen molar-refractivity contribution in [3.8, 4) is 5.75 Å². The summed E-state index contributed by atoms with van der Waals surface area (Å²) in [5.74, 6) is 1.31. The van der Waals surface area contributed by atoms with Crippen LogP contribution in [0, 0.1) is 5.92 Å². The van der Waals surface area contributed by atoms with Gasteiger partial charge in [-0.05, 0) is 29.5 Å². The van der Waals surface area contributed by atoms with E-state index in [9.17, 15) is 9.59 Å². The fourth-order valence-corrected chi connectivity index (χ4v) is 3.75. The zero-order chi connectivity index (χ0) is 15.5. The normalized spacial score (nSPS) is 20.2. The average Bonchev–Trinajstić information content (AvgIpc) is 2.99. The second-order valence-electron chi connectivity index (χ2n) is 6.50. The standard InChI is InChI=1S/C18H23NO3/c1-22-16-7-6-13(14-10-17(20)19-18(21)11-14)9-15(16)8-12-4-2-3-5-12/h6-7,9,12,14H,2-5,8,10-11H2,1H3,(H,19,20,21). The Morgan fingerprint density at radius 2 is 1.82 bits per heavy atom. The first-order chi connectivity index (χ1) is 10.7. The molecule has 3 rings (SSSR count). The first-order valence-corrected chi connectivity index (χ1v) is 8.15. The molecule has 2 fully saturated rings. The number of hydrogen-bond acceptors (Lipinski definition) is 3. The van der Waals surface area contributed by atoms with Crippen molar-refractivity contribution >= 4 is 11.8 Å². The van der Waals surface area contributed by atoms with Crippen molar-refractivity contribution in [1.29, 1.82) is 0 Å². The van der Waals surface area contributed by atoms with E-state index in [0.29, 0.717) is 12.8 Å². The van der Waals surface area contributed by atoms with Gasteiger partial charge in [0, 0.05) is 18.8 Å². The highest BCUT2D eigenvalue weighted by Gasteiger charge is 2.27. The number of benzene rings is 1. The first-order valence-electron chi connectivity index (χ1n) is 8.15. The van der Waals surface area contributed by atoms with Gasteiger partial charge in [-0.25, -0.2) is 0 Å². The maximum absolute atomic E-state index is 11.6. The van der Waals surface area contributed by atoms with E-state index in [4.69, 9.17) is 4.74 Å². The minimum Gasteiger partial charge on any atom is -0.496 e. The van der Waals surface area contributed by atoms with E-state index in [1.165, 1.54) is 31.2 Å². The Bertz CT molecular complexity index is 560. The summed E-state index contributed by atoms with van der Waals surface area (Å²) in [7, 11) is 1.70. The van der Waals surface area contributed by atoms with Crippen molar-refractivity contribution < 1.29 is 14.3 Å². The van der Waals surface area contributed by atoms with Crippen LogP contribution in [0.25, 0.3) is 0 Å². The number of nitrogens with one attached hydrogen (secondary N) is 1. The number of hydrogen-bond donors (Lipinski definition) is 1. The molecule has 1 saturated heterocycles. The average molecular weight is 301 g/mol. The molecule has 2 amide bonds. The maximum Gasteiger partial charge on any atom is 0.227 e. The summed E-state index contributed by atoms with van der Waals surface area (Å²) in [6.07, 6.45) is 7.04. The van der Waals surface area contributed by atoms with Crippen molar-refractivity contribution in [3.63, 3.8) is 0 Å². The lowest BCUT2D eigenvalue weighted by Crippen LogP contribution is -2.37. The van der Waals surface area contributed by atoms with E-state index < -0.39 is 0 Å². The molecule has 1 aromatic rings. The fraction of sp³-hybridized carbons (Fsp3) is 0.556. The van der Waals surface area contributed by atoms with Gasteiger partial charge < -0.3 is 4.74 Å². The molecule has 1 saturated carbocycles. The van der Waals surface area contributed by atoms with E-state index >= 15 is 0 Å². The number of piperidine rings is 1. The Balaban J connectivity index is 1.82. The van der Waals surface area contributed by atoms with E-state index in [1.807, 2.05) is 12.1 Å². The first kappa shape index (κ1) is 15.1. The van der Waals surface area contributed by atoms with Crippen LogP contribution >= 0.6 is 0 Å². The van der Waals surface area contributed by atoms with E-state index in [1.54, 1.807) is 7.11 Å². The molecule has 0 atom stereocenters. The van der Waals surface area contributed by atoms with Crippen LogP contribution in [0.5, 0.6) is 5.75 Å². The second kappa shape index (κ2) is 6.51. The summed E-state index contributed by atoms with van der Waals surface area (Å²) >= 11 is 0. The number of methoxy groups -OCH3 is 1. The third-order valence-electron chi connectivity index (χ3n) is 4.90. The van der Waals surface area contributed by atoms with Crippen molar-refractivity contribution in [1.82, 2.24) is 5.32 Å². The van der Waals surface area contributed by atoms with Gasteiger partial charge in [0.05, 0.1) is 7.11 Å². The van der Waals surface area contributed by atoms with Gasteiger partial charge in [0.2, 0.25) is 11.8 Å². The zero-order valence-corrected chi connectivity index (χ0v) is 13.1. The van der Waals surface area contributed by atoms with Gasteiger partial charge in [0.25, 0.3) is 0 Å². The van der Waals surface area contributed by atoms with Crippen molar-refractivity contribution in [2.75, 3.05) is 7.11 Å². The lowest BCUT2D eigenvalue weighted by Gasteiger charge is -2.23. The molecule has 0 aromatic heterocycles. The molecule has 1 aliphatic carbocycles. The van der Waals surface area contributed by atoms with Gasteiger partial charge in [-0.1, -0.05) is 37.8 Å². The van der Waals surface area contributed by atoms with Crippen LogP contribution in [0.15, 0.2) is 18.2 Å². The Morgan fingerprint density at radius 1 is 1.14 bits per heavy atom. The van der Waals surface area contributed by atoms with Crippen LogP contribution in [0.2, 0.25) is 0 Å². The summed E-state index contributed by atoms with van der Waals surface area (Å²) < 4.78 is 5.49. The molecular formula is C18H23NO3. The van der Waals surface area contributed by atoms with Crippen LogP contribution in [-0.4, -0.2) is 18.9 Å². The van der Waals surface area contributed by atoms with Crippen LogP contribution in [0.3, 0.4) is 0 Å². The van der Waals surface area contributed by atoms with Crippen molar-refractivity contribution in [3.05, 3.63) is 29.3 Å². The molecule has 0 radical (unpaired) electrons. The van der Waals surface area contributed by atoms with Gasteiger partial charge in [0.15, 0.2) is 0 Å². The molecule has 1 heterocycles. The summed E-state index contributed by atoms with van der Waals surface area (Å²) in [5.41, 5.74) is 2.29. The van der Waals surface area contributed by atoms with Gasteiger partial charge >= 0.3 is 0 Å². The molecule has 2 aliphatic rings. The van der Waals surface area contributed by atoms with Crippen molar-refractivity contribution in [2.24, 2.45) is 5.92 Å². The van der Waals surface area contributed by atoms with Crippen LogP contribution in [0.1, 0.15) is 55.6 Å². The Hall–Kier alpha value is -1.84. The minimum atomic E-state index is -0.172. The van der Waals surface area contributed by atoms with Crippen LogP contribution in [-0.2, 0) is 16.0 Å². The van der Waals surface area contributed by atoms with Gasteiger partial charge in [0.1, 0.15) is 5.75 Å². The van der Waals surface area contributed by atoms with E-state index in [0.717, 1.165) is 23.7 Å². The number of amides is 2. The largest absolute Gasteiger partial charge is 0.496 e. The number of imide groups is 1. The lowest BCUT2D eigenvalue weighted by atomic mass is 9.87. The highest BCUT2D eigenvalue weighted by molar-refractivity contribution is 5.98. The highest BCUT2D eigenvalue weighted by atomic mass is 16.5. The summed E-state index contributed by atoms with van der Waals surface area (Å²) in [5, 5.41) is 2.37. The highest BCUT2D eigenvalue weighted by Crippen LogP contribution is 2.34. The molecule has 1 N–H and O–H groups in total. The number of carbonyl (C=O) groups excluding carboxylic acids is 2. The smallest absolute Gasteiger partial charge is 0.227 e. The predicted molar refractivity (Wildman–Crippen MR) is 83.8 cm³/mol. The Morgan fingerprint density at radius 3 is 2.45 bits per heavy atom. The Kier molecular flexibility index (Phi) is 4.46. The monoisotopic (exact) mass is 301 g/mol. The Labute approximate surface area is 131 Å². The molecule has 0 spiro atoms. The zero-order valence-electron chi connectivity index (χ0n) is 13.1. The van der Waals surface area contributed by atoms with E-state index in [-0.39, 0.29) is 17.7 Å². The third-order valence-corrected chi connectivity index (χ3v) is 4.90. The van der Waals surface area contributed by atoms with Gasteiger partial charge in [-0.15, -0.1) is 0 Å². The SMILES string of the molecule is COc1ccc(C2CC(=O)NC(=O)C2)cc1CC1CCCC1. The fourth-order valence-electron chi connectivity index (χ4n) is 3.75. The molecular weight excluding hydrogens is 278 g/mol. The van der Waals surface area contributed by atoms with Crippen molar-refractivity contribution in [2.45, 2.75) is 50.9 Å². The number of carbonyl (C=O) groups is 2. The minimum absolute atomic E-state index is 0.00511. The predicted octanol–water partition coefficient (Wildman–Crippen LogP) is 2.95. The molecule has 4 nitrogen and oxygen atoms in total. The van der Waals surface area contributed by atoms with Crippen LogP contribution < -0.4 is 10.1 Å². The molecule has 0 bridgehead atoms. The lowest BCUT2D eigenvalue weighted by molar-refractivity contribution is -0.133. The summed E-state index contributed by atoms with van der Waals surface area (Å²) in [6, 6.07) is 6.12. The molecule has 118 valence electrons. The number of rotatable bonds is 4. The molecule has 4 heteroatoms. The van der Waals surface area contributed by atoms with Crippen LogP contribution in [0.4, 0.5) is 0 Å². The summed E-state index contributed by atoms with van der Waals surface area (Å²) in [6.45, 7) is 0. The number of ether oxygens (including phenoxy) is 1. The van der Waals surface area contributed by atoms with E-state index in [2.05, 4.69) is 11.4 Å².